The van der Waals surface area contributed by atoms with Crippen molar-refractivity contribution in [2.75, 3.05) is 25.0 Å². The van der Waals surface area contributed by atoms with Crippen LogP contribution in [0.4, 0.5) is 19.0 Å². The van der Waals surface area contributed by atoms with Crippen LogP contribution in [0.15, 0.2) is 18.5 Å². The number of rotatable bonds is 2. The Bertz CT molecular complexity index is 719. The number of amides is 1. The molecule has 0 saturated carbocycles. The van der Waals surface area contributed by atoms with Gasteiger partial charge in [-0.25, -0.2) is 9.50 Å². The fourth-order valence-electron chi connectivity index (χ4n) is 2.85. The summed E-state index contributed by atoms with van der Waals surface area (Å²) < 4.78 is 39.7. The summed E-state index contributed by atoms with van der Waals surface area (Å²) in [4.78, 5) is 17.8. The normalized spacial score (nSPS) is 16.8. The first kappa shape index (κ1) is 15.6. The zero-order chi connectivity index (χ0) is 16.6. The average Bonchev–Trinajstić information content (AvgIpc) is 2.98. The van der Waals surface area contributed by atoms with Gasteiger partial charge in [-0.3, -0.25) is 4.79 Å². The van der Waals surface area contributed by atoms with E-state index in [1.165, 1.54) is 16.9 Å². The molecule has 23 heavy (non-hydrogen) atoms. The first-order valence-corrected chi connectivity index (χ1v) is 7.28. The Balaban J connectivity index is 1.86. The number of anilines is 1. The van der Waals surface area contributed by atoms with Crippen LogP contribution in [0.1, 0.15) is 18.5 Å². The first-order valence-electron chi connectivity index (χ1n) is 7.28. The van der Waals surface area contributed by atoms with Crippen LogP contribution in [0, 0.1) is 5.92 Å². The molecular formula is C14H16F3N5O. The average molecular weight is 327 g/mol. The van der Waals surface area contributed by atoms with Crippen molar-refractivity contribution in [1.29, 1.82) is 0 Å². The van der Waals surface area contributed by atoms with Crippen LogP contribution in [0.5, 0.6) is 0 Å². The van der Waals surface area contributed by atoms with Gasteiger partial charge in [0, 0.05) is 44.5 Å². The summed E-state index contributed by atoms with van der Waals surface area (Å²) in [5.41, 5.74) is -0.620. The van der Waals surface area contributed by atoms with Gasteiger partial charge < -0.3 is 10.2 Å². The number of nitrogens with zero attached hydrogens (tertiary/aromatic N) is 4. The topological polar surface area (TPSA) is 62.5 Å². The lowest BCUT2D eigenvalue weighted by Crippen LogP contribution is -2.40. The number of alkyl halides is 3. The van der Waals surface area contributed by atoms with Crippen LogP contribution >= 0.6 is 0 Å². The maximum Gasteiger partial charge on any atom is 0.435 e. The number of fused-ring (bicyclic) bond motifs is 1. The number of nitrogens with one attached hydrogen (secondary N) is 1. The van der Waals surface area contributed by atoms with Gasteiger partial charge in [0.2, 0.25) is 5.91 Å². The molecule has 1 amide bonds. The molecule has 0 bridgehead atoms. The molecule has 1 aliphatic heterocycles. The molecule has 0 radical (unpaired) electrons. The van der Waals surface area contributed by atoms with Crippen molar-refractivity contribution >= 4 is 17.2 Å². The van der Waals surface area contributed by atoms with E-state index in [0.717, 1.165) is 6.07 Å². The van der Waals surface area contributed by atoms with Crippen LogP contribution in [0.25, 0.3) is 5.52 Å². The molecule has 1 aliphatic rings. The second kappa shape index (κ2) is 5.71. The molecule has 3 heterocycles. The summed E-state index contributed by atoms with van der Waals surface area (Å²) in [5, 5.41) is 6.18. The van der Waals surface area contributed by atoms with Crippen molar-refractivity contribution in [3.05, 3.63) is 24.2 Å². The zero-order valence-electron chi connectivity index (χ0n) is 12.5. The minimum atomic E-state index is -4.49. The van der Waals surface area contributed by atoms with E-state index in [1.807, 2.05) is 4.90 Å². The number of halogens is 3. The van der Waals surface area contributed by atoms with Gasteiger partial charge in [0.1, 0.15) is 5.52 Å². The Labute approximate surface area is 130 Å². The van der Waals surface area contributed by atoms with E-state index in [9.17, 15) is 18.0 Å². The van der Waals surface area contributed by atoms with Crippen LogP contribution < -0.4 is 10.2 Å². The van der Waals surface area contributed by atoms with E-state index < -0.39 is 11.9 Å². The van der Waals surface area contributed by atoms with Crippen LogP contribution in [-0.2, 0) is 11.0 Å². The standard InChI is InChI=1S/C14H16F3N5O/c1-18-13(23)9-2-5-21(6-3-9)12-10-8-11(14(15,16)17)20-22(10)7-4-19-12/h4,7-9H,2-3,5-6H2,1H3,(H,18,23). The third-order valence-corrected chi connectivity index (χ3v) is 4.07. The Hall–Kier alpha value is -2.32. The molecule has 1 fully saturated rings. The fraction of sp³-hybridized carbons (Fsp3) is 0.500. The number of hydrogen-bond acceptors (Lipinski definition) is 4. The molecule has 0 aliphatic carbocycles. The Kier molecular flexibility index (Phi) is 3.87. The second-order valence-corrected chi connectivity index (χ2v) is 5.48. The van der Waals surface area contributed by atoms with E-state index in [0.29, 0.717) is 37.3 Å². The summed E-state index contributed by atoms with van der Waals surface area (Å²) in [6.45, 7) is 1.13. The Morgan fingerprint density at radius 1 is 1.35 bits per heavy atom. The lowest BCUT2D eigenvalue weighted by atomic mass is 9.96. The summed E-state index contributed by atoms with van der Waals surface area (Å²) >= 11 is 0. The predicted molar refractivity (Wildman–Crippen MR) is 77.0 cm³/mol. The van der Waals surface area contributed by atoms with E-state index in [2.05, 4.69) is 15.4 Å². The van der Waals surface area contributed by atoms with Gasteiger partial charge in [-0.15, -0.1) is 0 Å². The number of aromatic nitrogens is 3. The Morgan fingerprint density at radius 3 is 2.65 bits per heavy atom. The van der Waals surface area contributed by atoms with Gasteiger partial charge in [-0.05, 0) is 12.8 Å². The highest BCUT2D eigenvalue weighted by atomic mass is 19.4. The minimum absolute atomic E-state index is 0.000437. The highest BCUT2D eigenvalue weighted by Crippen LogP contribution is 2.32. The van der Waals surface area contributed by atoms with Crippen molar-refractivity contribution in [1.82, 2.24) is 19.9 Å². The highest BCUT2D eigenvalue weighted by Gasteiger charge is 2.35. The molecular weight excluding hydrogens is 311 g/mol. The van der Waals surface area contributed by atoms with Crippen LogP contribution in [0.3, 0.4) is 0 Å². The molecule has 1 N–H and O–H groups in total. The first-order chi connectivity index (χ1) is 10.9. The maximum absolute atomic E-state index is 12.8. The minimum Gasteiger partial charge on any atom is -0.359 e. The lowest BCUT2D eigenvalue weighted by molar-refractivity contribution is -0.141. The molecule has 0 unspecified atom stereocenters. The lowest BCUT2D eigenvalue weighted by Gasteiger charge is -2.32. The summed E-state index contributed by atoms with van der Waals surface area (Å²) in [6.07, 6.45) is -0.382. The van der Waals surface area contributed by atoms with Crippen molar-refractivity contribution in [2.24, 2.45) is 5.92 Å². The van der Waals surface area contributed by atoms with Crippen molar-refractivity contribution in [2.45, 2.75) is 19.0 Å². The maximum atomic E-state index is 12.8. The molecule has 0 aromatic carbocycles. The van der Waals surface area contributed by atoms with E-state index >= 15 is 0 Å². The third kappa shape index (κ3) is 2.95. The Morgan fingerprint density at radius 2 is 2.04 bits per heavy atom. The van der Waals surface area contributed by atoms with Gasteiger partial charge in [0.25, 0.3) is 0 Å². The number of carbonyl (C=O) groups excluding carboxylic acids is 1. The van der Waals surface area contributed by atoms with Crippen molar-refractivity contribution in [3.8, 4) is 0 Å². The van der Waals surface area contributed by atoms with E-state index in [4.69, 9.17) is 0 Å². The van der Waals surface area contributed by atoms with E-state index in [1.54, 1.807) is 7.05 Å². The summed E-state index contributed by atoms with van der Waals surface area (Å²) in [6, 6.07) is 1.01. The van der Waals surface area contributed by atoms with E-state index in [-0.39, 0.29) is 11.8 Å². The van der Waals surface area contributed by atoms with Gasteiger partial charge in [0.15, 0.2) is 11.5 Å². The van der Waals surface area contributed by atoms with Gasteiger partial charge in [-0.1, -0.05) is 0 Å². The summed E-state index contributed by atoms with van der Waals surface area (Å²) in [5.74, 6) is 0.400. The molecule has 124 valence electrons. The predicted octanol–water partition coefficient (Wildman–Crippen LogP) is 1.71. The molecule has 1 saturated heterocycles. The van der Waals surface area contributed by atoms with Crippen LogP contribution in [-0.4, -0.2) is 40.6 Å². The summed E-state index contributed by atoms with van der Waals surface area (Å²) in [7, 11) is 1.60. The third-order valence-electron chi connectivity index (χ3n) is 4.07. The second-order valence-electron chi connectivity index (χ2n) is 5.48. The monoisotopic (exact) mass is 327 g/mol. The van der Waals surface area contributed by atoms with Crippen molar-refractivity contribution < 1.29 is 18.0 Å². The molecule has 2 aromatic rings. The zero-order valence-corrected chi connectivity index (χ0v) is 12.5. The number of hydrogen-bond donors (Lipinski definition) is 1. The van der Waals surface area contributed by atoms with Crippen LogP contribution in [0.2, 0.25) is 0 Å². The highest BCUT2D eigenvalue weighted by molar-refractivity contribution is 5.79. The molecule has 6 nitrogen and oxygen atoms in total. The smallest absolute Gasteiger partial charge is 0.359 e. The van der Waals surface area contributed by atoms with Crippen molar-refractivity contribution in [3.63, 3.8) is 0 Å². The fourth-order valence-corrected chi connectivity index (χ4v) is 2.85. The largest absolute Gasteiger partial charge is 0.435 e. The van der Waals surface area contributed by atoms with Gasteiger partial charge in [0.05, 0.1) is 0 Å². The molecule has 0 spiro atoms. The number of carbonyl (C=O) groups is 1. The molecule has 2 aromatic heterocycles. The SMILES string of the molecule is CNC(=O)C1CCN(c2nccn3nc(C(F)(F)F)cc23)CC1. The number of piperidine rings is 1. The van der Waals surface area contributed by atoms with Gasteiger partial charge >= 0.3 is 6.18 Å². The molecule has 3 rings (SSSR count). The molecule has 0 atom stereocenters. The van der Waals surface area contributed by atoms with Gasteiger partial charge in [-0.2, -0.15) is 18.3 Å². The quantitative estimate of drug-likeness (QED) is 0.912. The molecule has 9 heteroatoms.